The second-order valence-electron chi connectivity index (χ2n) is 4.53. The van der Waals surface area contributed by atoms with E-state index in [0.29, 0.717) is 19.1 Å². The maximum Gasteiger partial charge on any atom is 0.214 e. The zero-order valence-corrected chi connectivity index (χ0v) is 12.5. The molecule has 1 atom stereocenters. The average molecular weight is 266 g/mol. The molecule has 1 rings (SSSR count). The van der Waals surface area contributed by atoms with Gasteiger partial charge >= 0.3 is 0 Å². The van der Waals surface area contributed by atoms with E-state index in [1.165, 1.54) is 5.56 Å². The van der Waals surface area contributed by atoms with Crippen LogP contribution in [0.15, 0.2) is 12.1 Å². The van der Waals surface area contributed by atoms with E-state index in [0.717, 1.165) is 25.2 Å². The van der Waals surface area contributed by atoms with Crippen LogP contribution in [0, 0.1) is 0 Å². The Bertz CT molecular complexity index is 369. The van der Waals surface area contributed by atoms with Gasteiger partial charge in [0, 0.05) is 24.9 Å². The molecule has 0 aromatic carbocycles. The Kier molecular flexibility index (Phi) is 7.45. The molecule has 1 aromatic heterocycles. The molecule has 0 bridgehead atoms. The third kappa shape index (κ3) is 6.03. The van der Waals surface area contributed by atoms with Crippen molar-refractivity contribution in [2.75, 3.05) is 19.8 Å². The average Bonchev–Trinajstić information content (AvgIpc) is 2.42. The topological polar surface area (TPSA) is 43.4 Å². The highest BCUT2D eigenvalue weighted by atomic mass is 16.5. The second kappa shape index (κ2) is 8.88. The van der Waals surface area contributed by atoms with Crippen LogP contribution in [-0.2, 0) is 17.7 Å². The van der Waals surface area contributed by atoms with Crippen LogP contribution < -0.4 is 10.1 Å². The standard InChI is InChI=1S/C15H26N2O2/c1-5-14-8-13(10-16-6-2)9-15(17-14)19-12(4)11-18-7-3/h8-9,12,16H,5-7,10-11H2,1-4H3. The van der Waals surface area contributed by atoms with Gasteiger partial charge in [-0.05, 0) is 38.4 Å². The van der Waals surface area contributed by atoms with Crippen LogP contribution in [0.2, 0.25) is 0 Å². The van der Waals surface area contributed by atoms with E-state index in [4.69, 9.17) is 9.47 Å². The highest BCUT2D eigenvalue weighted by Gasteiger charge is 2.07. The molecule has 1 N–H and O–H groups in total. The van der Waals surface area contributed by atoms with Crippen LogP contribution >= 0.6 is 0 Å². The van der Waals surface area contributed by atoms with Gasteiger partial charge in [0.1, 0.15) is 6.10 Å². The summed E-state index contributed by atoms with van der Waals surface area (Å²) < 4.78 is 11.2. The van der Waals surface area contributed by atoms with E-state index < -0.39 is 0 Å². The molecular weight excluding hydrogens is 240 g/mol. The molecule has 0 aliphatic rings. The fourth-order valence-electron chi connectivity index (χ4n) is 1.76. The lowest BCUT2D eigenvalue weighted by Crippen LogP contribution is -2.20. The molecule has 0 saturated heterocycles. The number of rotatable bonds is 9. The molecule has 0 aliphatic heterocycles. The molecule has 1 aromatic rings. The van der Waals surface area contributed by atoms with Crippen molar-refractivity contribution >= 4 is 0 Å². The number of hydrogen-bond donors (Lipinski definition) is 1. The van der Waals surface area contributed by atoms with Gasteiger partial charge in [0.2, 0.25) is 5.88 Å². The van der Waals surface area contributed by atoms with E-state index in [1.807, 2.05) is 19.9 Å². The lowest BCUT2D eigenvalue weighted by atomic mass is 10.2. The number of aromatic nitrogens is 1. The van der Waals surface area contributed by atoms with Crippen LogP contribution in [-0.4, -0.2) is 30.8 Å². The first-order chi connectivity index (χ1) is 9.19. The van der Waals surface area contributed by atoms with Crippen LogP contribution in [0.1, 0.15) is 39.0 Å². The maximum atomic E-state index is 5.82. The molecule has 19 heavy (non-hydrogen) atoms. The Hall–Kier alpha value is -1.13. The van der Waals surface area contributed by atoms with Gasteiger partial charge in [-0.3, -0.25) is 0 Å². The number of nitrogens with one attached hydrogen (secondary N) is 1. The highest BCUT2D eigenvalue weighted by molar-refractivity contribution is 5.25. The lowest BCUT2D eigenvalue weighted by molar-refractivity contribution is 0.0632. The van der Waals surface area contributed by atoms with Gasteiger partial charge in [-0.15, -0.1) is 0 Å². The van der Waals surface area contributed by atoms with Crippen molar-refractivity contribution in [1.82, 2.24) is 10.3 Å². The van der Waals surface area contributed by atoms with Gasteiger partial charge < -0.3 is 14.8 Å². The minimum Gasteiger partial charge on any atom is -0.472 e. The summed E-state index contributed by atoms with van der Waals surface area (Å²) in [5.74, 6) is 0.694. The molecule has 0 radical (unpaired) electrons. The summed E-state index contributed by atoms with van der Waals surface area (Å²) in [6, 6.07) is 4.13. The van der Waals surface area contributed by atoms with Crippen LogP contribution in [0.3, 0.4) is 0 Å². The predicted octanol–water partition coefficient (Wildman–Crippen LogP) is 2.56. The number of ether oxygens (including phenoxy) is 2. The summed E-state index contributed by atoms with van der Waals surface area (Å²) in [5.41, 5.74) is 2.28. The minimum atomic E-state index is 0.0199. The van der Waals surface area contributed by atoms with Gasteiger partial charge in [0.05, 0.1) is 6.61 Å². The minimum absolute atomic E-state index is 0.0199. The molecule has 1 heterocycles. The first-order valence-corrected chi connectivity index (χ1v) is 7.14. The molecule has 0 saturated carbocycles. The Labute approximate surface area is 116 Å². The van der Waals surface area contributed by atoms with E-state index in [1.54, 1.807) is 0 Å². The SMILES string of the molecule is CCNCc1cc(CC)nc(OC(C)COCC)c1. The molecular formula is C15H26N2O2. The summed E-state index contributed by atoms with van der Waals surface area (Å²) in [6.45, 7) is 11.3. The van der Waals surface area contributed by atoms with Gasteiger partial charge in [0.25, 0.3) is 0 Å². The van der Waals surface area contributed by atoms with Crippen molar-refractivity contribution in [3.8, 4) is 5.88 Å². The summed E-state index contributed by atoms with van der Waals surface area (Å²) in [6.07, 6.45) is 0.933. The molecule has 0 spiro atoms. The fraction of sp³-hybridized carbons (Fsp3) is 0.667. The zero-order valence-electron chi connectivity index (χ0n) is 12.5. The van der Waals surface area contributed by atoms with E-state index in [9.17, 15) is 0 Å². The van der Waals surface area contributed by atoms with E-state index >= 15 is 0 Å². The molecule has 4 nitrogen and oxygen atoms in total. The normalized spacial score (nSPS) is 12.4. The van der Waals surface area contributed by atoms with Gasteiger partial charge in [-0.25, -0.2) is 4.98 Å². The van der Waals surface area contributed by atoms with Gasteiger partial charge in [-0.2, -0.15) is 0 Å². The predicted molar refractivity (Wildman–Crippen MR) is 77.6 cm³/mol. The highest BCUT2D eigenvalue weighted by Crippen LogP contribution is 2.15. The van der Waals surface area contributed by atoms with E-state index in [2.05, 4.69) is 30.2 Å². The van der Waals surface area contributed by atoms with Crippen molar-refractivity contribution in [2.24, 2.45) is 0 Å². The van der Waals surface area contributed by atoms with Crippen molar-refractivity contribution in [2.45, 2.75) is 46.8 Å². The Balaban J connectivity index is 2.69. The molecule has 0 fully saturated rings. The Morgan fingerprint density at radius 3 is 2.68 bits per heavy atom. The second-order valence-corrected chi connectivity index (χ2v) is 4.53. The third-order valence-corrected chi connectivity index (χ3v) is 2.73. The van der Waals surface area contributed by atoms with Crippen LogP contribution in [0.5, 0.6) is 5.88 Å². The van der Waals surface area contributed by atoms with E-state index in [-0.39, 0.29) is 6.10 Å². The van der Waals surface area contributed by atoms with Crippen molar-refractivity contribution in [3.05, 3.63) is 23.4 Å². The maximum absolute atomic E-state index is 5.82. The van der Waals surface area contributed by atoms with Crippen molar-refractivity contribution in [1.29, 1.82) is 0 Å². The summed E-state index contributed by atoms with van der Waals surface area (Å²) in [5, 5.41) is 3.32. The first-order valence-electron chi connectivity index (χ1n) is 7.14. The number of aryl methyl sites for hydroxylation is 1. The monoisotopic (exact) mass is 266 g/mol. The molecule has 108 valence electrons. The summed E-state index contributed by atoms with van der Waals surface area (Å²) in [4.78, 5) is 4.50. The first kappa shape index (κ1) is 15.9. The number of hydrogen-bond acceptors (Lipinski definition) is 4. The van der Waals surface area contributed by atoms with Crippen molar-refractivity contribution < 1.29 is 9.47 Å². The Morgan fingerprint density at radius 1 is 1.26 bits per heavy atom. The summed E-state index contributed by atoms with van der Waals surface area (Å²) >= 11 is 0. The number of pyridine rings is 1. The number of nitrogens with zero attached hydrogens (tertiary/aromatic N) is 1. The Morgan fingerprint density at radius 2 is 2.05 bits per heavy atom. The quantitative estimate of drug-likeness (QED) is 0.746. The molecule has 4 heteroatoms. The van der Waals surface area contributed by atoms with Gasteiger partial charge in [0.15, 0.2) is 0 Å². The van der Waals surface area contributed by atoms with Crippen LogP contribution in [0.4, 0.5) is 0 Å². The molecule has 1 unspecified atom stereocenters. The van der Waals surface area contributed by atoms with Gasteiger partial charge in [-0.1, -0.05) is 13.8 Å². The van der Waals surface area contributed by atoms with Crippen LogP contribution in [0.25, 0.3) is 0 Å². The van der Waals surface area contributed by atoms with Crippen molar-refractivity contribution in [3.63, 3.8) is 0 Å². The largest absolute Gasteiger partial charge is 0.472 e. The third-order valence-electron chi connectivity index (χ3n) is 2.73. The zero-order chi connectivity index (χ0) is 14.1. The molecule has 0 aliphatic carbocycles. The molecule has 0 amide bonds. The fourth-order valence-corrected chi connectivity index (χ4v) is 1.76. The summed E-state index contributed by atoms with van der Waals surface area (Å²) in [7, 11) is 0. The lowest BCUT2D eigenvalue weighted by Gasteiger charge is -2.15. The smallest absolute Gasteiger partial charge is 0.214 e.